The molecule has 0 atom stereocenters. The topological polar surface area (TPSA) is 55.1 Å². The van der Waals surface area contributed by atoms with Crippen molar-refractivity contribution in [2.45, 2.75) is 25.3 Å². The zero-order valence-corrected chi connectivity index (χ0v) is 14.3. The van der Waals surface area contributed by atoms with Gasteiger partial charge < -0.3 is 4.42 Å². The fourth-order valence-electron chi connectivity index (χ4n) is 3.00. The van der Waals surface area contributed by atoms with Gasteiger partial charge in [-0.25, -0.2) is 9.97 Å². The van der Waals surface area contributed by atoms with Crippen LogP contribution in [0.4, 0.5) is 11.7 Å². The predicted molar refractivity (Wildman–Crippen MR) is 98.2 cm³/mol. The van der Waals surface area contributed by atoms with Gasteiger partial charge in [0.2, 0.25) is 5.88 Å². The number of hydrogen-bond acceptors (Lipinski definition) is 6. The van der Waals surface area contributed by atoms with E-state index in [1.165, 1.54) is 12.8 Å². The van der Waals surface area contributed by atoms with Gasteiger partial charge in [-0.05, 0) is 42.0 Å². The van der Waals surface area contributed by atoms with Crippen molar-refractivity contribution in [3.8, 4) is 0 Å². The molecule has 4 heterocycles. The molecule has 0 spiro atoms. The van der Waals surface area contributed by atoms with Crippen LogP contribution in [0, 0.1) is 0 Å². The summed E-state index contributed by atoms with van der Waals surface area (Å²) in [6.45, 7) is 0.646. The van der Waals surface area contributed by atoms with E-state index in [2.05, 4.69) is 38.1 Å². The summed E-state index contributed by atoms with van der Waals surface area (Å²) in [6.07, 6.45) is 7.72. The standard InChI is InChI=1S/C19H16N4OS/c1-2-13(10-20-8-1)11-23(17-6-5-16(24-17)14-3-4-14)18-15-7-9-25-19(15)22-12-21-18/h1-2,5-10,12,14H,3-4,11H2. The molecule has 1 aliphatic carbocycles. The van der Waals surface area contributed by atoms with Crippen LogP contribution in [0.5, 0.6) is 0 Å². The molecule has 5 rings (SSSR count). The van der Waals surface area contributed by atoms with Gasteiger partial charge in [0.05, 0.1) is 11.9 Å². The first-order chi connectivity index (χ1) is 12.4. The van der Waals surface area contributed by atoms with Crippen LogP contribution in [0.15, 0.2) is 58.9 Å². The maximum Gasteiger partial charge on any atom is 0.201 e. The van der Waals surface area contributed by atoms with E-state index in [0.717, 1.165) is 33.2 Å². The molecule has 0 unspecified atom stereocenters. The lowest BCUT2D eigenvalue weighted by Crippen LogP contribution is -2.17. The second kappa shape index (κ2) is 5.97. The normalized spacial score (nSPS) is 14.1. The Kier molecular flexibility index (Phi) is 3.48. The summed E-state index contributed by atoms with van der Waals surface area (Å²) >= 11 is 1.62. The Morgan fingerprint density at radius 1 is 1.16 bits per heavy atom. The highest BCUT2D eigenvalue weighted by Gasteiger charge is 2.28. The molecule has 1 aliphatic rings. The fourth-order valence-corrected chi connectivity index (χ4v) is 3.73. The molecule has 0 amide bonds. The van der Waals surface area contributed by atoms with Gasteiger partial charge >= 0.3 is 0 Å². The monoisotopic (exact) mass is 348 g/mol. The van der Waals surface area contributed by atoms with Crippen LogP contribution in [0.3, 0.4) is 0 Å². The smallest absolute Gasteiger partial charge is 0.201 e. The molecule has 25 heavy (non-hydrogen) atoms. The lowest BCUT2D eigenvalue weighted by Gasteiger charge is -2.21. The molecule has 0 aromatic carbocycles. The van der Waals surface area contributed by atoms with Gasteiger partial charge in [0.15, 0.2) is 0 Å². The largest absolute Gasteiger partial charge is 0.445 e. The van der Waals surface area contributed by atoms with Crippen LogP contribution in [0.2, 0.25) is 0 Å². The second-order valence-electron chi connectivity index (χ2n) is 6.23. The summed E-state index contributed by atoms with van der Waals surface area (Å²) < 4.78 is 6.17. The van der Waals surface area contributed by atoms with E-state index < -0.39 is 0 Å². The second-order valence-corrected chi connectivity index (χ2v) is 7.13. The average Bonchev–Trinajstić information content (AvgIpc) is 3.19. The Hall–Kier alpha value is -2.73. The summed E-state index contributed by atoms with van der Waals surface area (Å²) in [5.41, 5.74) is 1.11. The van der Waals surface area contributed by atoms with E-state index >= 15 is 0 Å². The molecular formula is C19H16N4OS. The number of pyridine rings is 1. The van der Waals surface area contributed by atoms with Crippen LogP contribution in [0.1, 0.15) is 30.1 Å². The maximum absolute atomic E-state index is 6.17. The Balaban J connectivity index is 1.60. The van der Waals surface area contributed by atoms with Crippen LogP contribution < -0.4 is 4.90 Å². The lowest BCUT2D eigenvalue weighted by atomic mass is 10.2. The average molecular weight is 348 g/mol. The molecule has 6 heteroatoms. The molecular weight excluding hydrogens is 332 g/mol. The Morgan fingerprint density at radius 2 is 2.12 bits per heavy atom. The molecule has 0 aliphatic heterocycles. The van der Waals surface area contributed by atoms with Crippen LogP contribution >= 0.6 is 11.3 Å². The fraction of sp³-hybridized carbons (Fsp3) is 0.211. The van der Waals surface area contributed by atoms with Crippen molar-refractivity contribution in [3.05, 3.63) is 65.8 Å². The zero-order chi connectivity index (χ0) is 16.6. The highest BCUT2D eigenvalue weighted by molar-refractivity contribution is 7.16. The maximum atomic E-state index is 6.17. The molecule has 4 aromatic rings. The molecule has 0 radical (unpaired) electrons. The molecule has 1 saturated carbocycles. The first-order valence-corrected chi connectivity index (χ1v) is 9.21. The first kappa shape index (κ1) is 14.6. The highest BCUT2D eigenvalue weighted by atomic mass is 32.1. The van der Waals surface area contributed by atoms with Crippen LogP contribution in [-0.2, 0) is 6.54 Å². The number of hydrogen-bond donors (Lipinski definition) is 0. The molecule has 124 valence electrons. The molecule has 5 nitrogen and oxygen atoms in total. The van der Waals surface area contributed by atoms with Crippen molar-refractivity contribution < 1.29 is 4.42 Å². The van der Waals surface area contributed by atoms with Gasteiger partial charge in [0.25, 0.3) is 0 Å². The van der Waals surface area contributed by atoms with Gasteiger partial charge in [0, 0.05) is 24.4 Å². The van der Waals surface area contributed by atoms with Crippen molar-refractivity contribution in [1.29, 1.82) is 0 Å². The van der Waals surface area contributed by atoms with Crippen LogP contribution in [0.25, 0.3) is 10.2 Å². The van der Waals surface area contributed by atoms with E-state index in [1.807, 2.05) is 23.7 Å². The van der Waals surface area contributed by atoms with Crippen molar-refractivity contribution in [1.82, 2.24) is 15.0 Å². The van der Waals surface area contributed by atoms with Gasteiger partial charge in [-0.1, -0.05) is 6.07 Å². The van der Waals surface area contributed by atoms with E-state index in [1.54, 1.807) is 23.9 Å². The van der Waals surface area contributed by atoms with Gasteiger partial charge in [-0.2, -0.15) is 0 Å². The predicted octanol–water partition coefficient (Wildman–Crippen LogP) is 4.90. The summed E-state index contributed by atoms with van der Waals surface area (Å²) in [4.78, 5) is 16.3. The summed E-state index contributed by atoms with van der Waals surface area (Å²) in [6, 6.07) is 10.2. The SMILES string of the molecule is c1cncc(CN(c2ccc(C3CC3)o2)c2ncnc3sccc23)c1. The molecule has 0 saturated heterocycles. The summed E-state index contributed by atoms with van der Waals surface area (Å²) in [5, 5.41) is 3.09. The highest BCUT2D eigenvalue weighted by Crippen LogP contribution is 2.43. The van der Waals surface area contributed by atoms with Gasteiger partial charge in [-0.3, -0.25) is 9.88 Å². The van der Waals surface area contributed by atoms with Crippen LogP contribution in [-0.4, -0.2) is 15.0 Å². The van der Waals surface area contributed by atoms with Crippen molar-refractivity contribution in [2.24, 2.45) is 0 Å². The number of aromatic nitrogens is 3. The Morgan fingerprint density at radius 3 is 2.96 bits per heavy atom. The van der Waals surface area contributed by atoms with Crippen molar-refractivity contribution in [3.63, 3.8) is 0 Å². The van der Waals surface area contributed by atoms with E-state index in [-0.39, 0.29) is 0 Å². The van der Waals surface area contributed by atoms with Gasteiger partial charge in [-0.15, -0.1) is 11.3 Å². The lowest BCUT2D eigenvalue weighted by molar-refractivity contribution is 0.510. The number of fused-ring (bicyclic) bond motifs is 1. The third-order valence-corrected chi connectivity index (χ3v) is 5.24. The number of rotatable bonds is 5. The first-order valence-electron chi connectivity index (χ1n) is 8.33. The minimum atomic E-state index is 0.584. The van der Waals surface area contributed by atoms with Crippen molar-refractivity contribution >= 4 is 33.3 Å². The Labute approximate surface area is 149 Å². The third-order valence-electron chi connectivity index (χ3n) is 4.42. The quantitative estimate of drug-likeness (QED) is 0.514. The number of nitrogens with zero attached hydrogens (tertiary/aromatic N) is 4. The zero-order valence-electron chi connectivity index (χ0n) is 13.5. The number of thiophene rings is 1. The molecule has 4 aromatic heterocycles. The molecule has 1 fully saturated rings. The van der Waals surface area contributed by atoms with Crippen molar-refractivity contribution in [2.75, 3.05) is 4.90 Å². The molecule has 0 N–H and O–H groups in total. The number of anilines is 2. The minimum Gasteiger partial charge on any atom is -0.445 e. The third kappa shape index (κ3) is 2.78. The van der Waals surface area contributed by atoms with E-state index in [9.17, 15) is 0 Å². The van der Waals surface area contributed by atoms with E-state index in [4.69, 9.17) is 4.42 Å². The molecule has 0 bridgehead atoms. The summed E-state index contributed by atoms with van der Waals surface area (Å²) in [5.74, 6) is 3.34. The summed E-state index contributed by atoms with van der Waals surface area (Å²) in [7, 11) is 0. The Bertz CT molecular complexity index is 1010. The van der Waals surface area contributed by atoms with Gasteiger partial charge in [0.1, 0.15) is 22.7 Å². The number of furan rings is 1. The minimum absolute atomic E-state index is 0.584. The van der Waals surface area contributed by atoms with E-state index in [0.29, 0.717) is 12.5 Å².